The first kappa shape index (κ1) is 15.0. The molecule has 0 spiro atoms. The SMILES string of the molecule is CC(CN(C)C)NC1CCC(C(C)(C)C)CC1. The Kier molecular flexibility index (Phi) is 5.46. The molecule has 0 amide bonds. The molecule has 2 nitrogen and oxygen atoms in total. The second kappa shape index (κ2) is 6.19. The molecule has 0 bridgehead atoms. The van der Waals surface area contributed by atoms with Crippen LogP contribution in [0, 0.1) is 11.3 Å². The lowest BCUT2D eigenvalue weighted by atomic mass is 9.71. The van der Waals surface area contributed by atoms with E-state index in [1.54, 1.807) is 0 Å². The molecule has 0 aromatic carbocycles. The van der Waals surface area contributed by atoms with Crippen molar-refractivity contribution in [2.45, 2.75) is 65.5 Å². The van der Waals surface area contributed by atoms with Gasteiger partial charge in [-0.25, -0.2) is 0 Å². The quantitative estimate of drug-likeness (QED) is 0.812. The van der Waals surface area contributed by atoms with E-state index in [4.69, 9.17) is 0 Å². The van der Waals surface area contributed by atoms with E-state index in [1.807, 2.05) is 0 Å². The summed E-state index contributed by atoms with van der Waals surface area (Å²) in [5, 5.41) is 3.78. The molecule has 0 saturated heterocycles. The van der Waals surface area contributed by atoms with Gasteiger partial charge >= 0.3 is 0 Å². The zero-order valence-electron chi connectivity index (χ0n) is 12.7. The van der Waals surface area contributed by atoms with Gasteiger partial charge in [0.15, 0.2) is 0 Å². The Morgan fingerprint density at radius 1 is 1.12 bits per heavy atom. The molecule has 1 N–H and O–H groups in total. The van der Waals surface area contributed by atoms with E-state index in [-0.39, 0.29) is 0 Å². The van der Waals surface area contributed by atoms with Gasteiger partial charge in [0.2, 0.25) is 0 Å². The van der Waals surface area contributed by atoms with Crippen molar-refractivity contribution in [1.82, 2.24) is 10.2 Å². The summed E-state index contributed by atoms with van der Waals surface area (Å²) in [6.45, 7) is 10.6. The van der Waals surface area contributed by atoms with E-state index < -0.39 is 0 Å². The van der Waals surface area contributed by atoms with Crippen LogP contribution in [0.2, 0.25) is 0 Å². The predicted molar refractivity (Wildman–Crippen MR) is 76.4 cm³/mol. The number of nitrogens with one attached hydrogen (secondary N) is 1. The normalized spacial score (nSPS) is 28.4. The smallest absolute Gasteiger partial charge is 0.0169 e. The van der Waals surface area contributed by atoms with Gasteiger partial charge in [-0.15, -0.1) is 0 Å². The van der Waals surface area contributed by atoms with E-state index in [0.29, 0.717) is 11.5 Å². The molecule has 1 atom stereocenters. The first-order valence-electron chi connectivity index (χ1n) is 7.20. The minimum Gasteiger partial charge on any atom is -0.310 e. The van der Waals surface area contributed by atoms with Gasteiger partial charge in [-0.3, -0.25) is 0 Å². The van der Waals surface area contributed by atoms with Gasteiger partial charge in [-0.2, -0.15) is 0 Å². The maximum Gasteiger partial charge on any atom is 0.0169 e. The van der Waals surface area contributed by atoms with Crippen molar-refractivity contribution in [2.75, 3.05) is 20.6 Å². The van der Waals surface area contributed by atoms with Crippen LogP contribution in [0.1, 0.15) is 53.4 Å². The van der Waals surface area contributed by atoms with Gasteiger partial charge in [0, 0.05) is 18.6 Å². The Balaban J connectivity index is 2.28. The Morgan fingerprint density at radius 2 is 1.65 bits per heavy atom. The topological polar surface area (TPSA) is 15.3 Å². The second-order valence-corrected chi connectivity index (χ2v) is 7.24. The van der Waals surface area contributed by atoms with Crippen LogP contribution >= 0.6 is 0 Å². The minimum atomic E-state index is 0.500. The van der Waals surface area contributed by atoms with E-state index in [9.17, 15) is 0 Å². The molecule has 1 aliphatic carbocycles. The molecular formula is C15H32N2. The second-order valence-electron chi connectivity index (χ2n) is 7.24. The average Bonchev–Trinajstić information content (AvgIpc) is 2.15. The third-order valence-corrected chi connectivity index (χ3v) is 4.11. The van der Waals surface area contributed by atoms with Crippen LogP contribution in [0.4, 0.5) is 0 Å². The molecule has 2 heteroatoms. The van der Waals surface area contributed by atoms with E-state index in [1.165, 1.54) is 25.7 Å². The van der Waals surface area contributed by atoms with E-state index in [0.717, 1.165) is 18.5 Å². The Labute approximate surface area is 108 Å². The largest absolute Gasteiger partial charge is 0.310 e. The Bertz CT molecular complexity index is 209. The fourth-order valence-corrected chi connectivity index (χ4v) is 3.13. The summed E-state index contributed by atoms with van der Waals surface area (Å²) in [6, 6.07) is 1.37. The van der Waals surface area contributed by atoms with Gasteiger partial charge in [0.1, 0.15) is 0 Å². The lowest BCUT2D eigenvalue weighted by Gasteiger charge is -2.38. The van der Waals surface area contributed by atoms with Crippen LogP contribution in [0.3, 0.4) is 0 Å². The highest BCUT2D eigenvalue weighted by Crippen LogP contribution is 2.37. The number of hydrogen-bond donors (Lipinski definition) is 1. The molecule has 1 aliphatic rings. The highest BCUT2D eigenvalue weighted by atomic mass is 15.1. The van der Waals surface area contributed by atoms with Crippen LogP contribution < -0.4 is 5.32 Å². The summed E-state index contributed by atoms with van der Waals surface area (Å²) in [5.41, 5.74) is 0.500. The monoisotopic (exact) mass is 240 g/mol. The molecule has 1 fully saturated rings. The lowest BCUT2D eigenvalue weighted by Crippen LogP contribution is -2.44. The van der Waals surface area contributed by atoms with Crippen LogP contribution in [0.5, 0.6) is 0 Å². The van der Waals surface area contributed by atoms with Gasteiger partial charge in [-0.1, -0.05) is 20.8 Å². The Morgan fingerprint density at radius 3 is 2.06 bits per heavy atom. The van der Waals surface area contributed by atoms with Crippen molar-refractivity contribution in [1.29, 1.82) is 0 Å². The molecule has 0 heterocycles. The maximum atomic E-state index is 3.78. The molecule has 0 radical (unpaired) electrons. The van der Waals surface area contributed by atoms with Crippen LogP contribution in [0.25, 0.3) is 0 Å². The summed E-state index contributed by atoms with van der Waals surface area (Å²) in [4.78, 5) is 2.26. The van der Waals surface area contributed by atoms with Gasteiger partial charge < -0.3 is 10.2 Å². The van der Waals surface area contributed by atoms with Gasteiger partial charge in [0.25, 0.3) is 0 Å². The maximum absolute atomic E-state index is 3.78. The fraction of sp³-hybridized carbons (Fsp3) is 1.00. The zero-order chi connectivity index (χ0) is 13.1. The Hall–Kier alpha value is -0.0800. The number of rotatable bonds is 4. The van der Waals surface area contributed by atoms with Crippen LogP contribution in [-0.4, -0.2) is 37.6 Å². The standard InChI is InChI=1S/C15H32N2/c1-12(11-17(5)6)16-14-9-7-13(8-10-14)15(2,3)4/h12-14,16H,7-11H2,1-6H3. The molecule has 0 aromatic heterocycles. The van der Waals surface area contributed by atoms with Gasteiger partial charge in [-0.05, 0) is 58.0 Å². The third-order valence-electron chi connectivity index (χ3n) is 4.11. The van der Waals surface area contributed by atoms with Crippen molar-refractivity contribution in [3.8, 4) is 0 Å². The van der Waals surface area contributed by atoms with Crippen molar-refractivity contribution in [2.24, 2.45) is 11.3 Å². The molecule has 17 heavy (non-hydrogen) atoms. The summed E-state index contributed by atoms with van der Waals surface area (Å²) in [5.74, 6) is 0.921. The van der Waals surface area contributed by atoms with Crippen molar-refractivity contribution in [3.05, 3.63) is 0 Å². The summed E-state index contributed by atoms with van der Waals surface area (Å²) in [6.07, 6.45) is 5.52. The summed E-state index contributed by atoms with van der Waals surface area (Å²) < 4.78 is 0. The molecule has 1 saturated carbocycles. The molecular weight excluding hydrogens is 208 g/mol. The number of hydrogen-bond acceptors (Lipinski definition) is 2. The highest BCUT2D eigenvalue weighted by Gasteiger charge is 2.29. The first-order chi connectivity index (χ1) is 7.79. The average molecular weight is 240 g/mol. The number of nitrogens with zero attached hydrogens (tertiary/aromatic N) is 1. The van der Waals surface area contributed by atoms with Crippen LogP contribution in [0.15, 0.2) is 0 Å². The summed E-state index contributed by atoms with van der Waals surface area (Å²) >= 11 is 0. The molecule has 0 aromatic rings. The lowest BCUT2D eigenvalue weighted by molar-refractivity contribution is 0.154. The molecule has 1 unspecified atom stereocenters. The molecule has 0 aliphatic heterocycles. The number of likely N-dealkylation sites (N-methyl/N-ethyl adjacent to an activating group) is 1. The van der Waals surface area contributed by atoms with Crippen LogP contribution in [-0.2, 0) is 0 Å². The van der Waals surface area contributed by atoms with Crippen molar-refractivity contribution < 1.29 is 0 Å². The molecule has 1 rings (SSSR count). The zero-order valence-corrected chi connectivity index (χ0v) is 12.7. The predicted octanol–water partition coefficient (Wildman–Crippen LogP) is 3.13. The highest BCUT2D eigenvalue weighted by molar-refractivity contribution is 4.84. The minimum absolute atomic E-state index is 0.500. The first-order valence-corrected chi connectivity index (χ1v) is 7.20. The third kappa shape index (κ3) is 5.39. The summed E-state index contributed by atoms with van der Waals surface area (Å²) in [7, 11) is 4.30. The van der Waals surface area contributed by atoms with E-state index in [2.05, 4.69) is 52.0 Å². The van der Waals surface area contributed by atoms with Gasteiger partial charge in [0.05, 0.1) is 0 Å². The van der Waals surface area contributed by atoms with Crippen molar-refractivity contribution >= 4 is 0 Å². The van der Waals surface area contributed by atoms with Crippen molar-refractivity contribution in [3.63, 3.8) is 0 Å². The fourth-order valence-electron chi connectivity index (χ4n) is 3.13. The van der Waals surface area contributed by atoms with E-state index >= 15 is 0 Å². The molecule has 102 valence electrons.